The van der Waals surface area contributed by atoms with Gasteiger partial charge in [-0.1, -0.05) is 25.1 Å². The molecule has 2 fully saturated rings. The second-order valence-electron chi connectivity index (χ2n) is 8.63. The standard InChI is InChI=1S/C25H29N5O4S/c1-3-18-12-26-25(27-13-18)30-10-8-20(9-11-30)33-23-17(2)24(29-16-28-23)34-22-7-5-4-6-21(22)19-14-31-35-32-15-19/h4-7,12-13,16,19-20H,3,8-11,14-15H2,1-2H3. The minimum atomic E-state index is 0.0592. The minimum absolute atomic E-state index is 0.0592. The molecule has 0 saturated carbocycles. The van der Waals surface area contributed by atoms with Crippen molar-refractivity contribution in [3.8, 4) is 17.5 Å². The van der Waals surface area contributed by atoms with Gasteiger partial charge in [-0.25, -0.2) is 19.9 Å². The molecule has 1 aromatic carbocycles. The van der Waals surface area contributed by atoms with Gasteiger partial charge < -0.3 is 14.4 Å². The van der Waals surface area contributed by atoms with Gasteiger partial charge in [0.15, 0.2) is 12.3 Å². The van der Waals surface area contributed by atoms with Gasteiger partial charge in [0.2, 0.25) is 17.7 Å². The van der Waals surface area contributed by atoms with E-state index in [2.05, 4.69) is 31.8 Å². The highest BCUT2D eigenvalue weighted by molar-refractivity contribution is 7.89. The second kappa shape index (κ2) is 11.2. The van der Waals surface area contributed by atoms with Crippen molar-refractivity contribution in [1.29, 1.82) is 0 Å². The van der Waals surface area contributed by atoms with Crippen LogP contribution in [0.25, 0.3) is 0 Å². The van der Waals surface area contributed by atoms with Gasteiger partial charge >= 0.3 is 0 Å². The molecule has 35 heavy (non-hydrogen) atoms. The van der Waals surface area contributed by atoms with Gasteiger partial charge in [-0.3, -0.25) is 8.37 Å². The van der Waals surface area contributed by atoms with E-state index in [-0.39, 0.29) is 12.0 Å². The van der Waals surface area contributed by atoms with Gasteiger partial charge in [0.1, 0.15) is 18.2 Å². The predicted molar refractivity (Wildman–Crippen MR) is 133 cm³/mol. The van der Waals surface area contributed by atoms with Crippen molar-refractivity contribution in [2.24, 2.45) is 0 Å². The third-order valence-corrected chi connectivity index (χ3v) is 6.76. The van der Waals surface area contributed by atoms with Crippen molar-refractivity contribution in [3.63, 3.8) is 0 Å². The average Bonchev–Trinajstić information content (AvgIpc) is 2.92. The second-order valence-corrected chi connectivity index (χ2v) is 9.24. The summed E-state index contributed by atoms with van der Waals surface area (Å²) in [5.41, 5.74) is 2.94. The molecule has 0 radical (unpaired) electrons. The maximum atomic E-state index is 6.29. The highest BCUT2D eigenvalue weighted by Gasteiger charge is 2.25. The topological polar surface area (TPSA) is 91.7 Å². The normalized spacial score (nSPS) is 17.4. The number of aromatic nitrogens is 4. The number of anilines is 1. The van der Waals surface area contributed by atoms with E-state index in [1.165, 1.54) is 6.33 Å². The van der Waals surface area contributed by atoms with E-state index in [4.69, 9.17) is 17.8 Å². The van der Waals surface area contributed by atoms with Gasteiger partial charge in [-0.15, -0.1) is 0 Å². The SMILES string of the molecule is CCc1cnc(N2CCC(Oc3ncnc(Oc4ccccc4C4COSOC4)c3C)CC2)nc1. The van der Waals surface area contributed by atoms with Crippen molar-refractivity contribution >= 4 is 18.3 Å². The van der Waals surface area contributed by atoms with E-state index in [0.717, 1.165) is 73.1 Å². The molecule has 0 unspecified atom stereocenters. The van der Waals surface area contributed by atoms with Crippen LogP contribution in [0.4, 0.5) is 5.95 Å². The molecule has 0 aliphatic carbocycles. The van der Waals surface area contributed by atoms with E-state index in [1.54, 1.807) is 0 Å². The van der Waals surface area contributed by atoms with Crippen LogP contribution in [-0.4, -0.2) is 52.3 Å². The first-order valence-corrected chi connectivity index (χ1v) is 12.6. The van der Waals surface area contributed by atoms with Crippen LogP contribution in [0.2, 0.25) is 0 Å². The van der Waals surface area contributed by atoms with E-state index in [0.29, 0.717) is 25.0 Å². The molecule has 10 heteroatoms. The molecule has 2 aliphatic rings. The first-order valence-electron chi connectivity index (χ1n) is 11.9. The number of rotatable bonds is 7. The largest absolute Gasteiger partial charge is 0.474 e. The first-order chi connectivity index (χ1) is 17.2. The number of aryl methyl sites for hydroxylation is 1. The molecule has 3 aromatic rings. The molecule has 9 nitrogen and oxygen atoms in total. The fourth-order valence-corrected chi connectivity index (χ4v) is 4.67. The number of hydrogen-bond donors (Lipinski definition) is 0. The Morgan fingerprint density at radius 2 is 1.71 bits per heavy atom. The lowest BCUT2D eigenvalue weighted by molar-refractivity contribution is 0.161. The third-order valence-electron chi connectivity index (χ3n) is 6.29. The zero-order valence-electron chi connectivity index (χ0n) is 19.9. The van der Waals surface area contributed by atoms with Crippen LogP contribution in [0.5, 0.6) is 17.5 Å². The average molecular weight is 496 g/mol. The van der Waals surface area contributed by atoms with Crippen LogP contribution >= 0.6 is 12.3 Å². The zero-order valence-corrected chi connectivity index (χ0v) is 20.7. The van der Waals surface area contributed by atoms with E-state index < -0.39 is 0 Å². The van der Waals surface area contributed by atoms with Gasteiger partial charge in [0.25, 0.3) is 0 Å². The van der Waals surface area contributed by atoms with Gasteiger partial charge in [-0.2, -0.15) is 0 Å². The van der Waals surface area contributed by atoms with Crippen LogP contribution in [-0.2, 0) is 14.8 Å². The maximum absolute atomic E-state index is 6.29. The summed E-state index contributed by atoms with van der Waals surface area (Å²) >= 11 is 1.04. The Bertz CT molecular complexity index is 1120. The van der Waals surface area contributed by atoms with Gasteiger partial charge in [-0.05, 0) is 25.0 Å². The summed E-state index contributed by atoms with van der Waals surface area (Å²) in [7, 11) is 0. The third kappa shape index (κ3) is 5.66. The summed E-state index contributed by atoms with van der Waals surface area (Å²) in [5.74, 6) is 2.64. The Morgan fingerprint density at radius 1 is 1.00 bits per heavy atom. The first kappa shape index (κ1) is 23.8. The minimum Gasteiger partial charge on any atom is -0.474 e. The van der Waals surface area contributed by atoms with Crippen LogP contribution in [0.1, 0.15) is 42.4 Å². The van der Waals surface area contributed by atoms with Crippen molar-refractivity contribution in [2.75, 3.05) is 31.2 Å². The summed E-state index contributed by atoms with van der Waals surface area (Å²) in [6, 6.07) is 7.90. The van der Waals surface area contributed by atoms with E-state index in [1.807, 2.05) is 43.6 Å². The highest BCUT2D eigenvalue weighted by atomic mass is 32.2. The number of benzene rings is 1. The molecule has 184 valence electrons. The highest BCUT2D eigenvalue weighted by Crippen LogP contribution is 2.36. The van der Waals surface area contributed by atoms with E-state index >= 15 is 0 Å². The number of ether oxygens (including phenoxy) is 2. The Balaban J connectivity index is 1.23. The fraction of sp³-hybridized carbons (Fsp3) is 0.440. The maximum Gasteiger partial charge on any atom is 0.229 e. The number of para-hydroxylation sites is 1. The monoisotopic (exact) mass is 495 g/mol. The van der Waals surface area contributed by atoms with Crippen LogP contribution < -0.4 is 14.4 Å². The van der Waals surface area contributed by atoms with Gasteiger partial charge in [0.05, 0.1) is 18.8 Å². The molecule has 0 N–H and O–H groups in total. The van der Waals surface area contributed by atoms with Crippen molar-refractivity contribution in [2.45, 2.75) is 45.1 Å². The summed E-state index contributed by atoms with van der Waals surface area (Å²) in [4.78, 5) is 20.0. The molecule has 0 amide bonds. The Morgan fingerprint density at radius 3 is 2.46 bits per heavy atom. The van der Waals surface area contributed by atoms with Crippen LogP contribution in [0.15, 0.2) is 43.0 Å². The Kier molecular flexibility index (Phi) is 7.60. The quantitative estimate of drug-likeness (QED) is 0.431. The number of nitrogens with zero attached hydrogens (tertiary/aromatic N) is 5. The molecule has 2 aromatic heterocycles. The molecular weight excluding hydrogens is 466 g/mol. The molecule has 0 spiro atoms. The van der Waals surface area contributed by atoms with Crippen molar-refractivity contribution in [3.05, 3.63) is 59.7 Å². The molecule has 2 aliphatic heterocycles. The molecule has 0 bridgehead atoms. The zero-order chi connectivity index (χ0) is 24.0. The predicted octanol–water partition coefficient (Wildman–Crippen LogP) is 4.67. The summed E-state index contributed by atoms with van der Waals surface area (Å²) in [6.07, 6.45) is 8.02. The summed E-state index contributed by atoms with van der Waals surface area (Å²) in [6.45, 7) is 6.82. The Hall–Kier alpha value is -2.95. The van der Waals surface area contributed by atoms with Crippen molar-refractivity contribution < 1.29 is 17.8 Å². The fourth-order valence-electron chi connectivity index (χ4n) is 4.16. The molecule has 5 rings (SSSR count). The Labute approximate surface area is 209 Å². The summed E-state index contributed by atoms with van der Waals surface area (Å²) < 4.78 is 23.3. The van der Waals surface area contributed by atoms with Gasteiger partial charge in [0, 0.05) is 49.8 Å². The van der Waals surface area contributed by atoms with E-state index in [9.17, 15) is 0 Å². The molecule has 2 saturated heterocycles. The van der Waals surface area contributed by atoms with Crippen molar-refractivity contribution in [1.82, 2.24) is 19.9 Å². The lowest BCUT2D eigenvalue weighted by Crippen LogP contribution is -2.39. The number of piperidine rings is 1. The van der Waals surface area contributed by atoms with Crippen LogP contribution in [0.3, 0.4) is 0 Å². The summed E-state index contributed by atoms with van der Waals surface area (Å²) in [5, 5.41) is 0. The lowest BCUT2D eigenvalue weighted by Gasteiger charge is -2.32. The lowest BCUT2D eigenvalue weighted by atomic mass is 10.00. The smallest absolute Gasteiger partial charge is 0.229 e. The van der Waals surface area contributed by atoms with Crippen LogP contribution in [0, 0.1) is 6.92 Å². The molecule has 4 heterocycles. The number of hydrogen-bond acceptors (Lipinski definition) is 10. The molecular formula is C25H29N5O4S. The molecule has 0 atom stereocenters.